The van der Waals surface area contributed by atoms with E-state index in [9.17, 15) is 4.79 Å². The van der Waals surface area contributed by atoms with Crippen molar-refractivity contribution in [1.82, 2.24) is 4.98 Å². The lowest BCUT2D eigenvalue weighted by atomic mass is 10.2. The Labute approximate surface area is 108 Å². The van der Waals surface area contributed by atoms with E-state index in [1.165, 1.54) is 11.3 Å². The van der Waals surface area contributed by atoms with E-state index in [1.54, 1.807) is 17.5 Å². The van der Waals surface area contributed by atoms with Crippen molar-refractivity contribution in [3.05, 3.63) is 44.9 Å². The van der Waals surface area contributed by atoms with E-state index in [0.29, 0.717) is 16.4 Å². The molecule has 0 aliphatic rings. The molecule has 2 aromatic rings. The lowest BCUT2D eigenvalue weighted by molar-refractivity contribution is 0.102. The van der Waals surface area contributed by atoms with Crippen molar-refractivity contribution in [2.45, 2.75) is 13.8 Å². The van der Waals surface area contributed by atoms with Crippen LogP contribution in [-0.4, -0.2) is 10.9 Å². The Hall–Kier alpha value is -1.39. The topological polar surface area (TPSA) is 42.0 Å². The Morgan fingerprint density at radius 1 is 1.41 bits per heavy atom. The molecule has 0 aliphatic heterocycles. The molecular weight excluding hydrogens is 256 g/mol. The van der Waals surface area contributed by atoms with Gasteiger partial charge in [0.2, 0.25) is 0 Å². The summed E-state index contributed by atoms with van der Waals surface area (Å²) in [6.07, 6.45) is 0. The predicted octanol–water partition coefficient (Wildman–Crippen LogP) is 3.67. The highest BCUT2D eigenvalue weighted by atomic mass is 35.5. The Balaban J connectivity index is 2.21. The highest BCUT2D eigenvalue weighted by Crippen LogP contribution is 2.21. The molecule has 0 spiro atoms. The number of anilines is 1. The fourth-order valence-corrected chi connectivity index (χ4v) is 2.15. The minimum Gasteiger partial charge on any atom is -0.320 e. The number of hydrogen-bond donors (Lipinski definition) is 1. The first-order chi connectivity index (χ1) is 8.06. The van der Waals surface area contributed by atoms with E-state index in [0.717, 1.165) is 10.6 Å². The number of thiazole rings is 1. The van der Waals surface area contributed by atoms with E-state index in [4.69, 9.17) is 11.6 Å². The maximum atomic E-state index is 11.9. The monoisotopic (exact) mass is 266 g/mol. The first-order valence-corrected chi connectivity index (χ1v) is 6.31. The van der Waals surface area contributed by atoms with Gasteiger partial charge in [-0.25, -0.2) is 4.98 Å². The minimum atomic E-state index is -0.209. The number of hydrogen-bond acceptors (Lipinski definition) is 3. The van der Waals surface area contributed by atoms with Crippen molar-refractivity contribution < 1.29 is 4.79 Å². The van der Waals surface area contributed by atoms with Crippen LogP contribution in [0.5, 0.6) is 0 Å². The second kappa shape index (κ2) is 4.85. The third-order valence-corrected chi connectivity index (χ3v) is 3.31. The Bertz CT molecular complexity index is 565. The van der Waals surface area contributed by atoms with Gasteiger partial charge in [-0.05, 0) is 31.5 Å². The van der Waals surface area contributed by atoms with Crippen LogP contribution < -0.4 is 5.32 Å². The molecule has 0 radical (unpaired) electrons. The summed E-state index contributed by atoms with van der Waals surface area (Å²) in [5.74, 6) is -0.209. The van der Waals surface area contributed by atoms with Crippen LogP contribution in [-0.2, 0) is 0 Å². The average Bonchev–Trinajstić information content (AvgIpc) is 2.70. The molecule has 1 heterocycles. The van der Waals surface area contributed by atoms with Gasteiger partial charge in [0.15, 0.2) is 0 Å². The van der Waals surface area contributed by atoms with Crippen molar-refractivity contribution in [1.29, 1.82) is 0 Å². The fraction of sp³-hybridized carbons (Fsp3) is 0.167. The zero-order valence-corrected chi connectivity index (χ0v) is 11.0. The SMILES string of the molecule is Cc1nc(C(=O)Nc2cc(Cl)ccc2C)cs1. The van der Waals surface area contributed by atoms with Crippen molar-refractivity contribution in [3.8, 4) is 0 Å². The number of carbonyl (C=O) groups excluding carboxylic acids is 1. The van der Waals surface area contributed by atoms with Crippen LogP contribution in [0.3, 0.4) is 0 Å². The number of rotatable bonds is 2. The maximum absolute atomic E-state index is 11.9. The van der Waals surface area contributed by atoms with Gasteiger partial charge < -0.3 is 5.32 Å². The Morgan fingerprint density at radius 3 is 2.82 bits per heavy atom. The summed E-state index contributed by atoms with van der Waals surface area (Å²) in [7, 11) is 0. The van der Waals surface area contributed by atoms with Crippen LogP contribution in [0.15, 0.2) is 23.6 Å². The first-order valence-electron chi connectivity index (χ1n) is 5.06. The van der Waals surface area contributed by atoms with Crippen molar-refractivity contribution in [3.63, 3.8) is 0 Å². The summed E-state index contributed by atoms with van der Waals surface area (Å²) in [5, 5.41) is 6.01. The lowest BCUT2D eigenvalue weighted by Gasteiger charge is -2.07. The number of nitrogens with zero attached hydrogens (tertiary/aromatic N) is 1. The summed E-state index contributed by atoms with van der Waals surface area (Å²) < 4.78 is 0. The van der Waals surface area contributed by atoms with Crippen LogP contribution in [0, 0.1) is 13.8 Å². The van der Waals surface area contributed by atoms with Gasteiger partial charge in [0, 0.05) is 16.1 Å². The largest absolute Gasteiger partial charge is 0.320 e. The molecule has 5 heteroatoms. The second-order valence-electron chi connectivity index (χ2n) is 3.67. The molecule has 1 N–H and O–H groups in total. The molecule has 1 amide bonds. The zero-order valence-electron chi connectivity index (χ0n) is 9.45. The van der Waals surface area contributed by atoms with E-state index >= 15 is 0 Å². The maximum Gasteiger partial charge on any atom is 0.275 e. The van der Waals surface area contributed by atoms with Gasteiger partial charge in [0.05, 0.1) is 5.01 Å². The summed E-state index contributed by atoms with van der Waals surface area (Å²) in [5.41, 5.74) is 2.12. The molecule has 2 rings (SSSR count). The van der Waals surface area contributed by atoms with E-state index in [-0.39, 0.29) is 5.91 Å². The molecule has 0 saturated carbocycles. The van der Waals surface area contributed by atoms with Crippen LogP contribution >= 0.6 is 22.9 Å². The lowest BCUT2D eigenvalue weighted by Crippen LogP contribution is -2.13. The molecule has 0 atom stereocenters. The summed E-state index contributed by atoms with van der Waals surface area (Å²) in [6.45, 7) is 3.78. The highest BCUT2D eigenvalue weighted by molar-refractivity contribution is 7.09. The van der Waals surface area contributed by atoms with Gasteiger partial charge in [0.1, 0.15) is 5.69 Å². The third kappa shape index (κ3) is 2.84. The molecule has 0 fully saturated rings. The Kier molecular flexibility index (Phi) is 3.45. The average molecular weight is 267 g/mol. The molecular formula is C12H11ClN2OS. The van der Waals surface area contributed by atoms with Gasteiger partial charge >= 0.3 is 0 Å². The van der Waals surface area contributed by atoms with Crippen LogP contribution in [0.4, 0.5) is 5.69 Å². The molecule has 0 unspecified atom stereocenters. The summed E-state index contributed by atoms with van der Waals surface area (Å²) >= 11 is 7.34. The molecule has 17 heavy (non-hydrogen) atoms. The Morgan fingerprint density at radius 2 is 2.18 bits per heavy atom. The van der Waals surface area contributed by atoms with Crippen molar-refractivity contribution in [2.24, 2.45) is 0 Å². The number of benzene rings is 1. The molecule has 0 bridgehead atoms. The van der Waals surface area contributed by atoms with Gasteiger partial charge in [0.25, 0.3) is 5.91 Å². The number of halogens is 1. The zero-order chi connectivity index (χ0) is 12.4. The third-order valence-electron chi connectivity index (χ3n) is 2.30. The number of aromatic nitrogens is 1. The van der Waals surface area contributed by atoms with Gasteiger partial charge in [-0.15, -0.1) is 11.3 Å². The van der Waals surface area contributed by atoms with Crippen molar-refractivity contribution >= 4 is 34.5 Å². The number of nitrogens with one attached hydrogen (secondary N) is 1. The predicted molar refractivity (Wildman–Crippen MR) is 71.0 cm³/mol. The standard InChI is InChI=1S/C12H11ClN2OS/c1-7-3-4-9(13)5-10(7)15-12(16)11-6-17-8(2)14-11/h3-6H,1-2H3,(H,15,16). The molecule has 3 nitrogen and oxygen atoms in total. The van der Waals surface area contributed by atoms with E-state index in [2.05, 4.69) is 10.3 Å². The van der Waals surface area contributed by atoms with Crippen LogP contribution in [0.2, 0.25) is 5.02 Å². The van der Waals surface area contributed by atoms with Gasteiger partial charge in [-0.1, -0.05) is 17.7 Å². The number of amides is 1. The second-order valence-corrected chi connectivity index (χ2v) is 5.16. The minimum absolute atomic E-state index is 0.209. The molecule has 0 aliphatic carbocycles. The highest BCUT2D eigenvalue weighted by Gasteiger charge is 2.10. The number of aryl methyl sites for hydroxylation is 2. The molecule has 0 saturated heterocycles. The molecule has 1 aromatic heterocycles. The van der Waals surface area contributed by atoms with Gasteiger partial charge in [-0.3, -0.25) is 4.79 Å². The van der Waals surface area contributed by atoms with Crippen LogP contribution in [0.25, 0.3) is 0 Å². The van der Waals surface area contributed by atoms with E-state index in [1.807, 2.05) is 19.9 Å². The smallest absolute Gasteiger partial charge is 0.275 e. The van der Waals surface area contributed by atoms with Crippen molar-refractivity contribution in [2.75, 3.05) is 5.32 Å². The molecule has 88 valence electrons. The fourth-order valence-electron chi connectivity index (χ4n) is 1.38. The van der Waals surface area contributed by atoms with Crippen LogP contribution in [0.1, 0.15) is 21.1 Å². The van der Waals surface area contributed by atoms with E-state index < -0.39 is 0 Å². The normalized spacial score (nSPS) is 10.3. The number of carbonyl (C=O) groups is 1. The van der Waals surface area contributed by atoms with Gasteiger partial charge in [-0.2, -0.15) is 0 Å². The quantitative estimate of drug-likeness (QED) is 0.901. The summed E-state index contributed by atoms with van der Waals surface area (Å²) in [6, 6.07) is 5.39. The first kappa shape index (κ1) is 12.1. The summed E-state index contributed by atoms with van der Waals surface area (Å²) in [4.78, 5) is 16.0. The molecule has 1 aromatic carbocycles.